The fourth-order valence-corrected chi connectivity index (χ4v) is 3.74. The third-order valence-corrected chi connectivity index (χ3v) is 6.11. The van der Waals surface area contributed by atoms with Crippen LogP contribution in [0.4, 0.5) is 0 Å². The number of amides is 1. The number of sulfonamides is 1. The number of carbonyl (C=O) groups excluding carboxylic acids is 1. The summed E-state index contributed by atoms with van der Waals surface area (Å²) in [6.07, 6.45) is 1.54. The SMILES string of the molecule is CCn1ncc(C(=O)N[C@@H]2COC[C@H]2CS(=O)(=O)N(C)C)c1C. The average Bonchev–Trinajstić information content (AvgIpc) is 3.05. The lowest BCUT2D eigenvalue weighted by Gasteiger charge is -2.21. The molecule has 1 aliphatic rings. The fraction of sp³-hybridized carbons (Fsp3) is 0.714. The van der Waals surface area contributed by atoms with Crippen LogP contribution in [0.15, 0.2) is 6.20 Å². The zero-order valence-corrected chi connectivity index (χ0v) is 14.8. The van der Waals surface area contributed by atoms with Crippen molar-refractivity contribution in [3.05, 3.63) is 17.5 Å². The first-order valence-corrected chi connectivity index (χ1v) is 9.18. The van der Waals surface area contributed by atoms with Gasteiger partial charge in [-0.05, 0) is 13.8 Å². The van der Waals surface area contributed by atoms with E-state index in [1.165, 1.54) is 24.6 Å². The van der Waals surface area contributed by atoms with Gasteiger partial charge in [0.2, 0.25) is 10.0 Å². The second-order valence-corrected chi connectivity index (χ2v) is 8.13. The highest BCUT2D eigenvalue weighted by Gasteiger charge is 2.34. The normalized spacial score (nSPS) is 21.8. The van der Waals surface area contributed by atoms with Crippen molar-refractivity contribution < 1.29 is 17.9 Å². The van der Waals surface area contributed by atoms with Gasteiger partial charge in [-0.2, -0.15) is 5.10 Å². The van der Waals surface area contributed by atoms with Crippen LogP contribution in [-0.2, 0) is 21.3 Å². The van der Waals surface area contributed by atoms with Crippen molar-refractivity contribution in [2.24, 2.45) is 5.92 Å². The first-order valence-electron chi connectivity index (χ1n) is 7.57. The maximum Gasteiger partial charge on any atom is 0.255 e. The molecule has 1 aromatic rings. The maximum absolute atomic E-state index is 12.4. The number of aromatic nitrogens is 2. The molecule has 0 aliphatic carbocycles. The van der Waals surface area contributed by atoms with Gasteiger partial charge >= 0.3 is 0 Å². The van der Waals surface area contributed by atoms with Gasteiger partial charge < -0.3 is 10.1 Å². The number of aryl methyl sites for hydroxylation is 1. The van der Waals surface area contributed by atoms with E-state index in [-0.39, 0.29) is 23.6 Å². The Morgan fingerprint density at radius 2 is 2.17 bits per heavy atom. The monoisotopic (exact) mass is 344 g/mol. The summed E-state index contributed by atoms with van der Waals surface area (Å²) in [7, 11) is -0.335. The molecule has 23 heavy (non-hydrogen) atoms. The fourth-order valence-electron chi connectivity index (χ4n) is 2.58. The number of rotatable bonds is 6. The Kier molecular flexibility index (Phi) is 5.43. The predicted molar refractivity (Wildman–Crippen MR) is 85.7 cm³/mol. The van der Waals surface area contributed by atoms with Crippen molar-refractivity contribution in [2.75, 3.05) is 33.1 Å². The first kappa shape index (κ1) is 17.9. The summed E-state index contributed by atoms with van der Waals surface area (Å²) in [5.41, 5.74) is 1.30. The zero-order chi connectivity index (χ0) is 17.2. The summed E-state index contributed by atoms with van der Waals surface area (Å²) in [4.78, 5) is 12.4. The predicted octanol–water partition coefficient (Wildman–Crippen LogP) is -0.152. The number of nitrogens with one attached hydrogen (secondary N) is 1. The molecule has 0 bridgehead atoms. The molecule has 0 saturated carbocycles. The molecule has 1 aromatic heterocycles. The van der Waals surface area contributed by atoms with Crippen LogP contribution < -0.4 is 5.32 Å². The molecule has 2 heterocycles. The molecule has 2 atom stereocenters. The number of hydrogen-bond acceptors (Lipinski definition) is 5. The molecule has 130 valence electrons. The van der Waals surface area contributed by atoms with Crippen LogP contribution in [0.2, 0.25) is 0 Å². The van der Waals surface area contributed by atoms with Crippen molar-refractivity contribution >= 4 is 15.9 Å². The molecular weight excluding hydrogens is 320 g/mol. The van der Waals surface area contributed by atoms with Gasteiger partial charge in [0.15, 0.2) is 0 Å². The lowest BCUT2D eigenvalue weighted by molar-refractivity contribution is 0.0925. The number of ether oxygens (including phenoxy) is 1. The summed E-state index contributed by atoms with van der Waals surface area (Å²) < 4.78 is 32.4. The molecule has 1 aliphatic heterocycles. The van der Waals surface area contributed by atoms with Crippen LogP contribution in [-0.4, -0.2) is 67.5 Å². The summed E-state index contributed by atoms with van der Waals surface area (Å²) in [5, 5.41) is 7.04. The van der Waals surface area contributed by atoms with E-state index in [9.17, 15) is 13.2 Å². The molecule has 9 heteroatoms. The zero-order valence-electron chi connectivity index (χ0n) is 13.9. The molecule has 2 rings (SSSR count). The highest BCUT2D eigenvalue weighted by Crippen LogP contribution is 2.18. The minimum Gasteiger partial charge on any atom is -0.379 e. The molecule has 0 spiro atoms. The Balaban J connectivity index is 2.06. The Morgan fingerprint density at radius 1 is 1.48 bits per heavy atom. The summed E-state index contributed by atoms with van der Waals surface area (Å²) >= 11 is 0. The van der Waals surface area contributed by atoms with E-state index in [2.05, 4.69) is 10.4 Å². The van der Waals surface area contributed by atoms with E-state index < -0.39 is 10.0 Å². The van der Waals surface area contributed by atoms with Gasteiger partial charge in [-0.1, -0.05) is 0 Å². The van der Waals surface area contributed by atoms with E-state index in [0.717, 1.165) is 5.69 Å². The number of hydrogen-bond donors (Lipinski definition) is 1. The second kappa shape index (κ2) is 6.98. The van der Waals surface area contributed by atoms with Crippen molar-refractivity contribution in [3.63, 3.8) is 0 Å². The van der Waals surface area contributed by atoms with Crippen molar-refractivity contribution in [2.45, 2.75) is 26.4 Å². The molecule has 0 radical (unpaired) electrons. The summed E-state index contributed by atoms with van der Waals surface area (Å²) in [6, 6.07) is -0.318. The van der Waals surface area contributed by atoms with Crippen molar-refractivity contribution in [1.29, 1.82) is 0 Å². The second-order valence-electron chi connectivity index (χ2n) is 5.90. The number of nitrogens with zero attached hydrogens (tertiary/aromatic N) is 3. The van der Waals surface area contributed by atoms with Gasteiger partial charge in [0.1, 0.15) is 0 Å². The van der Waals surface area contributed by atoms with Gasteiger partial charge in [0, 0.05) is 32.3 Å². The summed E-state index contributed by atoms with van der Waals surface area (Å²) in [5.74, 6) is -0.546. The quantitative estimate of drug-likeness (QED) is 0.774. The highest BCUT2D eigenvalue weighted by atomic mass is 32.2. The molecule has 1 N–H and O–H groups in total. The van der Waals surface area contributed by atoms with Crippen molar-refractivity contribution in [3.8, 4) is 0 Å². The lowest BCUT2D eigenvalue weighted by Crippen LogP contribution is -2.43. The smallest absolute Gasteiger partial charge is 0.255 e. The molecular formula is C14H24N4O4S. The Labute approximate surface area is 136 Å². The Bertz CT molecular complexity index is 668. The molecule has 0 aromatic carbocycles. The lowest BCUT2D eigenvalue weighted by atomic mass is 10.1. The molecule has 1 saturated heterocycles. The first-order chi connectivity index (χ1) is 10.8. The third kappa shape index (κ3) is 3.91. The van der Waals surface area contributed by atoms with Crippen molar-refractivity contribution in [1.82, 2.24) is 19.4 Å². The molecule has 8 nitrogen and oxygen atoms in total. The Hall–Kier alpha value is -1.45. The van der Waals surface area contributed by atoms with E-state index in [1.54, 1.807) is 4.68 Å². The minimum absolute atomic E-state index is 0.0435. The maximum atomic E-state index is 12.4. The van der Waals surface area contributed by atoms with Gasteiger partial charge in [-0.15, -0.1) is 0 Å². The van der Waals surface area contributed by atoms with Gasteiger partial charge in [0.05, 0.1) is 36.8 Å². The summed E-state index contributed by atoms with van der Waals surface area (Å²) in [6.45, 7) is 5.13. The third-order valence-electron chi connectivity index (χ3n) is 4.14. The van der Waals surface area contributed by atoms with Crippen LogP contribution in [0.1, 0.15) is 23.0 Å². The van der Waals surface area contributed by atoms with E-state index >= 15 is 0 Å². The van der Waals surface area contributed by atoms with Gasteiger partial charge in [-0.3, -0.25) is 9.48 Å². The minimum atomic E-state index is -3.34. The molecule has 0 unspecified atom stereocenters. The van der Waals surface area contributed by atoms with E-state index in [1.807, 2.05) is 13.8 Å². The standard InChI is InChI=1S/C14H24N4O4S/c1-5-18-10(2)12(6-15-18)14(19)16-13-8-22-7-11(13)9-23(20,21)17(3)4/h6,11,13H,5,7-9H2,1-4H3,(H,16,19)/t11-,13+/m0/s1. The van der Waals surface area contributed by atoms with Gasteiger partial charge in [-0.25, -0.2) is 12.7 Å². The van der Waals surface area contributed by atoms with E-state index in [0.29, 0.717) is 25.3 Å². The average molecular weight is 344 g/mol. The largest absolute Gasteiger partial charge is 0.379 e. The van der Waals surface area contributed by atoms with Crippen LogP contribution >= 0.6 is 0 Å². The topological polar surface area (TPSA) is 93.5 Å². The van der Waals surface area contributed by atoms with Crippen LogP contribution in [0.3, 0.4) is 0 Å². The van der Waals surface area contributed by atoms with Crippen LogP contribution in [0.25, 0.3) is 0 Å². The molecule has 1 fully saturated rings. The van der Waals surface area contributed by atoms with E-state index in [4.69, 9.17) is 4.74 Å². The molecule has 1 amide bonds. The van der Waals surface area contributed by atoms with Crippen LogP contribution in [0, 0.1) is 12.8 Å². The highest BCUT2D eigenvalue weighted by molar-refractivity contribution is 7.89. The number of carbonyl (C=O) groups is 1. The Morgan fingerprint density at radius 3 is 2.74 bits per heavy atom. The van der Waals surface area contributed by atoms with Crippen LogP contribution in [0.5, 0.6) is 0 Å². The van der Waals surface area contributed by atoms with Gasteiger partial charge in [0.25, 0.3) is 5.91 Å².